The minimum atomic E-state index is -0.0375. The minimum Gasteiger partial charge on any atom is -0.259 e. The molecule has 0 aliphatic heterocycles. The lowest BCUT2D eigenvalue weighted by Gasteiger charge is -2.15. The maximum absolute atomic E-state index is 6.20. The van der Waals surface area contributed by atoms with Gasteiger partial charge in [0.05, 0.1) is 0 Å². The van der Waals surface area contributed by atoms with Gasteiger partial charge in [-0.15, -0.1) is 11.6 Å². The van der Waals surface area contributed by atoms with E-state index < -0.39 is 0 Å². The molecule has 2 aromatic rings. The Labute approximate surface area is 129 Å². The highest BCUT2D eigenvalue weighted by molar-refractivity contribution is 9.10. The van der Waals surface area contributed by atoms with Gasteiger partial charge in [-0.25, -0.2) is 0 Å². The number of nitrogens with zero attached hydrogens (tertiary/aromatic N) is 1. The molecule has 18 heavy (non-hydrogen) atoms. The molecule has 0 bridgehead atoms. The molecule has 0 N–H and O–H groups in total. The number of rotatable bonds is 3. The summed E-state index contributed by atoms with van der Waals surface area (Å²) in [6.07, 6.45) is 1.75. The Balaban J connectivity index is 2.41. The van der Waals surface area contributed by atoms with Gasteiger partial charge in [0.1, 0.15) is 0 Å². The summed E-state index contributed by atoms with van der Waals surface area (Å²) in [6.45, 7) is 0. The zero-order chi connectivity index (χ0) is 13.1. The number of hydrogen-bond acceptors (Lipinski definition) is 1. The summed E-state index contributed by atoms with van der Waals surface area (Å²) in [6, 6.07) is 9.28. The third-order valence-electron chi connectivity index (χ3n) is 2.60. The van der Waals surface area contributed by atoms with Crippen LogP contribution in [0.3, 0.4) is 0 Å². The highest BCUT2D eigenvalue weighted by Crippen LogP contribution is 2.32. The van der Waals surface area contributed by atoms with Gasteiger partial charge in [-0.1, -0.05) is 29.3 Å². The standard InChI is InChI=1S/C13H9BrCl3N/c14-8-1-4-13(18-7-8)11(6-15)10-3-2-9(16)5-12(10)17/h1-5,7,11H,6H2. The quantitative estimate of drug-likeness (QED) is 0.653. The third-order valence-corrected chi connectivity index (χ3v) is 3.94. The van der Waals surface area contributed by atoms with Crippen molar-refractivity contribution in [2.45, 2.75) is 5.92 Å². The van der Waals surface area contributed by atoms with E-state index >= 15 is 0 Å². The molecule has 0 aliphatic carbocycles. The van der Waals surface area contributed by atoms with Crippen LogP contribution >= 0.6 is 50.7 Å². The van der Waals surface area contributed by atoms with Crippen molar-refractivity contribution in [1.29, 1.82) is 0 Å². The molecule has 0 saturated heterocycles. The number of aromatic nitrogens is 1. The highest BCUT2D eigenvalue weighted by atomic mass is 79.9. The van der Waals surface area contributed by atoms with Crippen LogP contribution in [0.2, 0.25) is 10.0 Å². The van der Waals surface area contributed by atoms with Crippen molar-refractivity contribution >= 4 is 50.7 Å². The Bertz CT molecular complexity index is 542. The van der Waals surface area contributed by atoms with Crippen LogP contribution in [0.5, 0.6) is 0 Å². The van der Waals surface area contributed by atoms with Crippen molar-refractivity contribution in [3.8, 4) is 0 Å². The molecule has 0 spiro atoms. The topological polar surface area (TPSA) is 12.9 Å². The van der Waals surface area contributed by atoms with Gasteiger partial charge in [0.25, 0.3) is 0 Å². The van der Waals surface area contributed by atoms with Crippen LogP contribution in [-0.2, 0) is 0 Å². The van der Waals surface area contributed by atoms with E-state index in [1.165, 1.54) is 0 Å². The minimum absolute atomic E-state index is 0.0375. The van der Waals surface area contributed by atoms with Crippen molar-refractivity contribution < 1.29 is 0 Å². The summed E-state index contributed by atoms with van der Waals surface area (Å²) >= 11 is 21.5. The Morgan fingerprint density at radius 1 is 1.17 bits per heavy atom. The molecule has 1 aromatic carbocycles. The zero-order valence-corrected chi connectivity index (χ0v) is 13.1. The van der Waals surface area contributed by atoms with Gasteiger partial charge in [-0.05, 0) is 45.8 Å². The summed E-state index contributed by atoms with van der Waals surface area (Å²) in [4.78, 5) is 4.37. The van der Waals surface area contributed by atoms with Gasteiger partial charge >= 0.3 is 0 Å². The number of benzene rings is 1. The molecule has 0 aliphatic rings. The SMILES string of the molecule is ClCC(c1ccc(Br)cn1)c1ccc(Cl)cc1Cl. The summed E-state index contributed by atoms with van der Waals surface area (Å²) < 4.78 is 0.932. The Kier molecular flexibility index (Phi) is 4.91. The summed E-state index contributed by atoms with van der Waals surface area (Å²) in [5.74, 6) is 0.375. The van der Waals surface area contributed by atoms with Crippen molar-refractivity contribution in [3.63, 3.8) is 0 Å². The van der Waals surface area contributed by atoms with E-state index in [1.54, 1.807) is 18.3 Å². The predicted octanol–water partition coefficient (Wildman–Crippen LogP) is 5.52. The van der Waals surface area contributed by atoms with Crippen LogP contribution in [0.1, 0.15) is 17.2 Å². The van der Waals surface area contributed by atoms with E-state index in [1.807, 2.05) is 18.2 Å². The molecule has 94 valence electrons. The summed E-state index contributed by atoms with van der Waals surface area (Å²) in [5.41, 5.74) is 1.82. The molecule has 1 nitrogen and oxygen atoms in total. The molecule has 2 rings (SSSR count). The predicted molar refractivity (Wildman–Crippen MR) is 81.0 cm³/mol. The van der Waals surface area contributed by atoms with Gasteiger partial charge in [0.2, 0.25) is 0 Å². The van der Waals surface area contributed by atoms with Crippen LogP contribution < -0.4 is 0 Å². The van der Waals surface area contributed by atoms with E-state index in [-0.39, 0.29) is 5.92 Å². The first-order valence-corrected chi connectivity index (χ1v) is 7.32. The van der Waals surface area contributed by atoms with Gasteiger partial charge in [-0.2, -0.15) is 0 Å². The largest absolute Gasteiger partial charge is 0.259 e. The number of pyridine rings is 1. The first kappa shape index (κ1) is 14.1. The second-order valence-electron chi connectivity index (χ2n) is 3.77. The maximum atomic E-state index is 6.20. The molecule has 0 amide bonds. The van der Waals surface area contributed by atoms with Crippen molar-refractivity contribution in [2.75, 3.05) is 5.88 Å². The Hall–Kier alpha value is -0.280. The van der Waals surface area contributed by atoms with Gasteiger partial charge in [0, 0.05) is 38.2 Å². The molecular weight excluding hydrogens is 356 g/mol. The monoisotopic (exact) mass is 363 g/mol. The van der Waals surface area contributed by atoms with Crippen LogP contribution in [0.25, 0.3) is 0 Å². The first-order chi connectivity index (χ1) is 8.61. The summed E-state index contributed by atoms with van der Waals surface area (Å²) in [5, 5.41) is 1.22. The number of alkyl halides is 1. The molecule has 5 heteroatoms. The Morgan fingerprint density at radius 3 is 2.50 bits per heavy atom. The van der Waals surface area contributed by atoms with Crippen molar-refractivity contribution in [1.82, 2.24) is 4.98 Å². The van der Waals surface area contributed by atoms with Crippen molar-refractivity contribution in [3.05, 3.63) is 62.3 Å². The Morgan fingerprint density at radius 2 is 1.94 bits per heavy atom. The number of hydrogen-bond donors (Lipinski definition) is 0. The second kappa shape index (κ2) is 6.25. The number of halogens is 4. The lowest BCUT2D eigenvalue weighted by Crippen LogP contribution is -2.05. The van der Waals surface area contributed by atoms with E-state index in [2.05, 4.69) is 20.9 Å². The van der Waals surface area contributed by atoms with Gasteiger partial charge in [-0.3, -0.25) is 4.98 Å². The fourth-order valence-electron chi connectivity index (χ4n) is 1.70. The van der Waals surface area contributed by atoms with E-state index in [4.69, 9.17) is 34.8 Å². The molecule has 0 radical (unpaired) electrons. The van der Waals surface area contributed by atoms with E-state index in [0.29, 0.717) is 15.9 Å². The average molecular weight is 365 g/mol. The fraction of sp³-hybridized carbons (Fsp3) is 0.154. The molecule has 1 heterocycles. The third kappa shape index (κ3) is 3.18. The highest BCUT2D eigenvalue weighted by Gasteiger charge is 2.17. The first-order valence-electron chi connectivity index (χ1n) is 5.24. The van der Waals surface area contributed by atoms with Crippen LogP contribution in [0.4, 0.5) is 0 Å². The van der Waals surface area contributed by atoms with Crippen molar-refractivity contribution in [2.24, 2.45) is 0 Å². The smallest absolute Gasteiger partial charge is 0.0491 e. The molecular formula is C13H9BrCl3N. The van der Waals surface area contributed by atoms with Crippen LogP contribution in [0, 0.1) is 0 Å². The normalized spacial score (nSPS) is 12.4. The van der Waals surface area contributed by atoms with Crippen LogP contribution in [0.15, 0.2) is 41.0 Å². The lowest BCUT2D eigenvalue weighted by molar-refractivity contribution is 0.878. The van der Waals surface area contributed by atoms with Crippen LogP contribution in [-0.4, -0.2) is 10.9 Å². The van der Waals surface area contributed by atoms with E-state index in [0.717, 1.165) is 15.7 Å². The molecule has 1 atom stereocenters. The molecule has 1 unspecified atom stereocenters. The van der Waals surface area contributed by atoms with Gasteiger partial charge < -0.3 is 0 Å². The van der Waals surface area contributed by atoms with E-state index in [9.17, 15) is 0 Å². The fourth-order valence-corrected chi connectivity index (χ4v) is 2.80. The second-order valence-corrected chi connectivity index (χ2v) is 5.84. The molecule has 0 fully saturated rings. The maximum Gasteiger partial charge on any atom is 0.0491 e. The summed E-state index contributed by atoms with van der Waals surface area (Å²) in [7, 11) is 0. The molecule has 1 aromatic heterocycles. The average Bonchev–Trinajstić information content (AvgIpc) is 2.35. The van der Waals surface area contributed by atoms with Gasteiger partial charge in [0.15, 0.2) is 0 Å². The lowest BCUT2D eigenvalue weighted by atomic mass is 9.97. The molecule has 0 saturated carbocycles. The zero-order valence-electron chi connectivity index (χ0n) is 9.21.